The van der Waals surface area contributed by atoms with Gasteiger partial charge in [0.2, 0.25) is 0 Å². The molecule has 8 heteroatoms. The number of thiophene rings is 1. The molecule has 0 radical (unpaired) electrons. The summed E-state index contributed by atoms with van der Waals surface area (Å²) in [7, 11) is 1.54. The molecule has 2 amide bonds. The summed E-state index contributed by atoms with van der Waals surface area (Å²) in [6.45, 7) is 8.02. The van der Waals surface area contributed by atoms with Gasteiger partial charge in [-0.15, -0.1) is 11.3 Å². The summed E-state index contributed by atoms with van der Waals surface area (Å²) in [5, 5.41) is 8.29. The Balaban J connectivity index is 1.44. The number of carbonyl (C=O) groups excluding carboxylic acids is 2. The first-order chi connectivity index (χ1) is 19.3. The van der Waals surface area contributed by atoms with E-state index >= 15 is 0 Å². The van der Waals surface area contributed by atoms with Crippen molar-refractivity contribution < 1.29 is 14.3 Å². The highest BCUT2D eigenvalue weighted by Gasteiger charge is 2.28. The second kappa shape index (κ2) is 11.5. The number of hydrazone groups is 1. The largest absolute Gasteiger partial charge is 0.496 e. The van der Waals surface area contributed by atoms with Crippen LogP contribution in [0, 0.1) is 27.7 Å². The predicted molar refractivity (Wildman–Crippen MR) is 162 cm³/mol. The average Bonchev–Trinajstić information content (AvgIpc) is 3.45. The minimum Gasteiger partial charge on any atom is -0.496 e. The molecule has 0 saturated carbocycles. The van der Waals surface area contributed by atoms with E-state index in [9.17, 15) is 9.59 Å². The number of rotatable bonds is 7. The lowest BCUT2D eigenvalue weighted by molar-refractivity contribution is 0.0951. The Morgan fingerprint density at radius 2 is 1.68 bits per heavy atom. The maximum atomic E-state index is 13.7. The maximum Gasteiger partial charge on any atom is 0.275 e. The summed E-state index contributed by atoms with van der Waals surface area (Å²) in [4.78, 5) is 27.8. The molecule has 206 valence electrons. The van der Waals surface area contributed by atoms with Gasteiger partial charge in [-0.1, -0.05) is 23.8 Å². The van der Waals surface area contributed by atoms with Crippen molar-refractivity contribution in [1.82, 2.24) is 9.99 Å². The van der Waals surface area contributed by atoms with Crippen molar-refractivity contribution in [3.05, 3.63) is 98.2 Å². The SMILES string of the molecule is COc1cc(C)ccc1C(=O)N/N=C\c1cc(C)n(-c2sc3c(c2C(=O)Nc2ccc(C)cc2)CCCC3)c1C. The molecule has 0 spiro atoms. The number of ether oxygens (including phenoxy) is 1. The Kier molecular flexibility index (Phi) is 7.89. The van der Waals surface area contributed by atoms with E-state index in [1.165, 1.54) is 4.88 Å². The molecular formula is C32H34N4O3S. The molecule has 2 aromatic heterocycles. The fourth-order valence-corrected chi connectivity index (χ4v) is 6.71. The first kappa shape index (κ1) is 27.4. The lowest BCUT2D eigenvalue weighted by atomic mass is 9.95. The first-order valence-corrected chi connectivity index (χ1v) is 14.3. The Morgan fingerprint density at radius 3 is 2.42 bits per heavy atom. The van der Waals surface area contributed by atoms with Crippen LogP contribution in [-0.2, 0) is 12.8 Å². The molecule has 1 aliphatic carbocycles. The number of benzene rings is 2. The van der Waals surface area contributed by atoms with Crippen LogP contribution >= 0.6 is 11.3 Å². The molecule has 0 atom stereocenters. The van der Waals surface area contributed by atoms with Crippen molar-refractivity contribution in [1.29, 1.82) is 0 Å². The second-order valence-corrected chi connectivity index (χ2v) is 11.4. The van der Waals surface area contributed by atoms with Gasteiger partial charge in [-0.2, -0.15) is 5.10 Å². The number of hydrogen-bond acceptors (Lipinski definition) is 5. The van der Waals surface area contributed by atoms with Crippen LogP contribution in [0.25, 0.3) is 5.00 Å². The third kappa shape index (κ3) is 5.45. The van der Waals surface area contributed by atoms with Crippen LogP contribution in [-0.4, -0.2) is 29.7 Å². The third-order valence-electron chi connectivity index (χ3n) is 7.33. The van der Waals surface area contributed by atoms with Crippen molar-refractivity contribution in [2.45, 2.75) is 53.4 Å². The molecule has 2 N–H and O–H groups in total. The summed E-state index contributed by atoms with van der Waals surface area (Å²) in [5.74, 6) is 0.0761. The number of carbonyl (C=O) groups is 2. The smallest absolute Gasteiger partial charge is 0.275 e. The van der Waals surface area contributed by atoms with Gasteiger partial charge in [-0.3, -0.25) is 9.59 Å². The minimum atomic E-state index is -0.345. The lowest BCUT2D eigenvalue weighted by Gasteiger charge is -2.14. The number of anilines is 1. The molecule has 0 aliphatic heterocycles. The molecule has 7 nitrogen and oxygen atoms in total. The van der Waals surface area contributed by atoms with Crippen molar-refractivity contribution in [2.24, 2.45) is 5.10 Å². The van der Waals surface area contributed by atoms with Crippen molar-refractivity contribution >= 4 is 35.1 Å². The Bertz CT molecular complexity index is 1610. The second-order valence-electron chi connectivity index (χ2n) is 10.3. The quantitative estimate of drug-likeness (QED) is 0.198. The van der Waals surface area contributed by atoms with Gasteiger partial charge in [0.1, 0.15) is 10.8 Å². The zero-order valence-electron chi connectivity index (χ0n) is 23.6. The highest BCUT2D eigenvalue weighted by molar-refractivity contribution is 7.15. The summed E-state index contributed by atoms with van der Waals surface area (Å²) in [5.41, 5.74) is 10.7. The van der Waals surface area contributed by atoms with Crippen LogP contribution in [0.15, 0.2) is 53.6 Å². The van der Waals surface area contributed by atoms with E-state index in [4.69, 9.17) is 4.74 Å². The van der Waals surface area contributed by atoms with E-state index in [1.807, 2.05) is 70.2 Å². The fraction of sp³-hybridized carbons (Fsp3) is 0.281. The van der Waals surface area contributed by atoms with Gasteiger partial charge in [-0.05, 0) is 94.8 Å². The first-order valence-electron chi connectivity index (χ1n) is 13.5. The van der Waals surface area contributed by atoms with E-state index in [0.717, 1.165) is 75.6 Å². The Hall–Kier alpha value is -4.17. The molecule has 0 unspecified atom stereocenters. The third-order valence-corrected chi connectivity index (χ3v) is 8.61. The minimum absolute atomic E-state index is 0.0831. The van der Waals surface area contributed by atoms with E-state index in [-0.39, 0.29) is 11.8 Å². The zero-order valence-corrected chi connectivity index (χ0v) is 24.4. The van der Waals surface area contributed by atoms with Crippen LogP contribution < -0.4 is 15.5 Å². The van der Waals surface area contributed by atoms with Crippen LogP contribution in [0.2, 0.25) is 0 Å². The summed E-state index contributed by atoms with van der Waals surface area (Å²) in [6, 6.07) is 15.3. The van der Waals surface area contributed by atoms with Gasteiger partial charge < -0.3 is 14.6 Å². The van der Waals surface area contributed by atoms with E-state index in [0.29, 0.717) is 11.3 Å². The van der Waals surface area contributed by atoms with Crippen LogP contribution in [0.3, 0.4) is 0 Å². The Morgan fingerprint density at radius 1 is 0.950 bits per heavy atom. The van der Waals surface area contributed by atoms with Gasteiger partial charge in [0.15, 0.2) is 0 Å². The normalized spacial score (nSPS) is 12.8. The topological polar surface area (TPSA) is 84.7 Å². The summed E-state index contributed by atoms with van der Waals surface area (Å²) >= 11 is 1.70. The highest BCUT2D eigenvalue weighted by Crippen LogP contribution is 2.39. The van der Waals surface area contributed by atoms with E-state index in [2.05, 4.69) is 20.4 Å². The molecule has 4 aromatic rings. The van der Waals surface area contributed by atoms with Gasteiger partial charge in [-0.25, -0.2) is 5.43 Å². The standard InChI is InChI=1S/C32H34N4O3S/c1-19-10-13-24(14-11-19)34-31(38)29-26-8-6-7-9-28(26)40-32(29)36-21(3)17-23(22(36)4)18-33-35-30(37)25-15-12-20(2)16-27(25)39-5/h10-18H,6-9H2,1-5H3,(H,34,38)(H,35,37)/b33-18-. The van der Waals surface area contributed by atoms with Gasteiger partial charge in [0, 0.05) is 27.5 Å². The van der Waals surface area contributed by atoms with E-state index in [1.54, 1.807) is 30.7 Å². The van der Waals surface area contributed by atoms with Crippen LogP contribution in [0.5, 0.6) is 5.75 Å². The number of amides is 2. The lowest BCUT2D eigenvalue weighted by Crippen LogP contribution is -2.18. The molecule has 2 aromatic carbocycles. The van der Waals surface area contributed by atoms with Crippen molar-refractivity contribution in [3.8, 4) is 10.8 Å². The molecule has 0 fully saturated rings. The van der Waals surface area contributed by atoms with Crippen molar-refractivity contribution in [2.75, 3.05) is 12.4 Å². The summed E-state index contributed by atoms with van der Waals surface area (Å²) < 4.78 is 7.50. The number of methoxy groups -OCH3 is 1. The molecular weight excluding hydrogens is 520 g/mol. The number of nitrogens with zero attached hydrogens (tertiary/aromatic N) is 2. The number of aromatic nitrogens is 1. The fourth-order valence-electron chi connectivity index (χ4n) is 5.21. The summed E-state index contributed by atoms with van der Waals surface area (Å²) in [6.07, 6.45) is 5.77. The molecule has 0 bridgehead atoms. The van der Waals surface area contributed by atoms with E-state index < -0.39 is 0 Å². The average molecular weight is 555 g/mol. The number of hydrogen-bond donors (Lipinski definition) is 2. The highest BCUT2D eigenvalue weighted by atomic mass is 32.1. The predicted octanol–water partition coefficient (Wildman–Crippen LogP) is 6.68. The number of nitrogens with one attached hydrogen (secondary N) is 2. The number of aryl methyl sites for hydroxylation is 4. The van der Waals surface area contributed by atoms with Crippen LogP contribution in [0.4, 0.5) is 5.69 Å². The molecule has 0 saturated heterocycles. The number of fused-ring (bicyclic) bond motifs is 1. The molecule has 40 heavy (non-hydrogen) atoms. The molecule has 2 heterocycles. The molecule has 5 rings (SSSR count). The maximum absolute atomic E-state index is 13.7. The van der Waals surface area contributed by atoms with Crippen molar-refractivity contribution in [3.63, 3.8) is 0 Å². The van der Waals surface area contributed by atoms with Gasteiger partial charge in [0.25, 0.3) is 11.8 Å². The van der Waals surface area contributed by atoms with Gasteiger partial charge in [0.05, 0.1) is 24.5 Å². The Labute approximate surface area is 238 Å². The van der Waals surface area contributed by atoms with Crippen LogP contribution in [0.1, 0.15) is 72.1 Å². The monoisotopic (exact) mass is 554 g/mol. The molecule has 1 aliphatic rings. The zero-order chi connectivity index (χ0) is 28.4. The van der Waals surface area contributed by atoms with Gasteiger partial charge >= 0.3 is 0 Å².